The number of hydrogen-bond acceptors (Lipinski definition) is 6. The Morgan fingerprint density at radius 3 is 2.68 bits per heavy atom. The van der Waals surface area contributed by atoms with E-state index in [1.165, 1.54) is 11.3 Å². The first kappa shape index (κ1) is 20.9. The van der Waals surface area contributed by atoms with Gasteiger partial charge in [0.25, 0.3) is 0 Å². The lowest BCUT2D eigenvalue weighted by Crippen LogP contribution is -2.15. The zero-order valence-electron chi connectivity index (χ0n) is 17.5. The summed E-state index contributed by atoms with van der Waals surface area (Å²) in [5, 5.41) is 0.781. The van der Waals surface area contributed by atoms with Gasteiger partial charge in [-0.3, -0.25) is 4.79 Å². The Hall–Kier alpha value is -3.39. The van der Waals surface area contributed by atoms with Gasteiger partial charge in [0.2, 0.25) is 0 Å². The van der Waals surface area contributed by atoms with Crippen LogP contribution < -0.4 is 9.54 Å². The average molecular weight is 439 g/mol. The van der Waals surface area contributed by atoms with E-state index in [9.17, 15) is 9.59 Å². The number of benzene rings is 2. The number of rotatable bonds is 6. The molecule has 0 aliphatic heterocycles. The molecule has 0 aliphatic carbocycles. The third kappa shape index (κ3) is 3.98. The maximum atomic E-state index is 12.9. The molecular weight excluding hydrogens is 416 g/mol. The van der Waals surface area contributed by atoms with Crippen LogP contribution in [0.2, 0.25) is 0 Å². The smallest absolute Gasteiger partial charge is 0.338 e. The first-order chi connectivity index (χ1) is 15.0. The van der Waals surface area contributed by atoms with Crippen molar-refractivity contribution in [3.8, 4) is 5.75 Å². The summed E-state index contributed by atoms with van der Waals surface area (Å²) >= 11 is 1.34. The Bertz CT molecular complexity index is 1350. The Balaban J connectivity index is 1.76. The number of fused-ring (bicyclic) bond motifs is 2. The second-order valence-corrected chi connectivity index (χ2v) is 7.68. The van der Waals surface area contributed by atoms with Crippen molar-refractivity contribution < 1.29 is 23.5 Å². The highest BCUT2D eigenvalue weighted by atomic mass is 32.1. The van der Waals surface area contributed by atoms with Gasteiger partial charge in [-0.05, 0) is 51.1 Å². The van der Waals surface area contributed by atoms with Crippen molar-refractivity contribution in [3.63, 3.8) is 0 Å². The summed E-state index contributed by atoms with van der Waals surface area (Å²) in [6.45, 7) is 7.07. The molecule has 0 atom stereocenters. The molecule has 0 radical (unpaired) electrons. The zero-order valence-corrected chi connectivity index (χ0v) is 18.3. The molecule has 31 heavy (non-hydrogen) atoms. The summed E-state index contributed by atoms with van der Waals surface area (Å²) in [5.41, 5.74) is 1.90. The standard InChI is InChI=1S/C23H22N2O5S/c1-4-25-16-11-10-15(22(27)29-6-3)13-19(16)31-23(25)24-21(26)18-12-14-8-7-9-17(28-5-2)20(14)30-18/h7-13H,4-6H2,1-3H3. The molecule has 2 heterocycles. The first-order valence-corrected chi connectivity index (χ1v) is 10.9. The van der Waals surface area contributed by atoms with E-state index in [-0.39, 0.29) is 11.7 Å². The zero-order chi connectivity index (χ0) is 22.0. The van der Waals surface area contributed by atoms with Gasteiger partial charge >= 0.3 is 11.9 Å². The number of thiazole rings is 1. The molecule has 1 amide bonds. The van der Waals surface area contributed by atoms with Gasteiger partial charge in [-0.1, -0.05) is 23.5 Å². The van der Waals surface area contributed by atoms with E-state index in [0.29, 0.717) is 41.5 Å². The minimum atomic E-state index is -0.474. The molecule has 4 aromatic rings. The number of carbonyl (C=O) groups is 2. The molecule has 4 rings (SSSR count). The molecule has 0 N–H and O–H groups in total. The van der Waals surface area contributed by atoms with Gasteiger partial charge < -0.3 is 18.5 Å². The van der Waals surface area contributed by atoms with Crippen LogP contribution in [-0.4, -0.2) is 29.7 Å². The number of hydrogen-bond donors (Lipinski definition) is 0. The van der Waals surface area contributed by atoms with Crippen molar-refractivity contribution in [1.82, 2.24) is 4.57 Å². The predicted molar refractivity (Wildman–Crippen MR) is 119 cm³/mol. The molecule has 0 spiro atoms. The molecule has 8 heteroatoms. The molecule has 7 nitrogen and oxygen atoms in total. The van der Waals surface area contributed by atoms with Crippen molar-refractivity contribution in [2.75, 3.05) is 13.2 Å². The van der Waals surface area contributed by atoms with E-state index < -0.39 is 5.91 Å². The molecule has 0 unspecified atom stereocenters. The fourth-order valence-corrected chi connectivity index (χ4v) is 4.49. The summed E-state index contributed by atoms with van der Waals surface area (Å²) in [7, 11) is 0. The normalized spacial score (nSPS) is 11.9. The maximum Gasteiger partial charge on any atom is 0.338 e. The third-order valence-electron chi connectivity index (χ3n) is 4.73. The predicted octanol–water partition coefficient (Wildman–Crippen LogP) is 4.79. The van der Waals surface area contributed by atoms with Crippen LogP contribution in [0.1, 0.15) is 41.7 Å². The Kier molecular flexibility index (Phi) is 5.90. The highest BCUT2D eigenvalue weighted by Crippen LogP contribution is 2.29. The van der Waals surface area contributed by atoms with Crippen LogP contribution in [0.5, 0.6) is 5.75 Å². The Labute approximate surface area is 182 Å². The van der Waals surface area contributed by atoms with Crippen molar-refractivity contribution in [1.29, 1.82) is 0 Å². The number of ether oxygens (including phenoxy) is 2. The molecule has 2 aromatic heterocycles. The Morgan fingerprint density at radius 2 is 1.94 bits per heavy atom. The van der Waals surface area contributed by atoms with E-state index in [1.54, 1.807) is 31.2 Å². The van der Waals surface area contributed by atoms with Crippen LogP contribution in [0.3, 0.4) is 0 Å². The van der Waals surface area contributed by atoms with Crippen LogP contribution in [0.4, 0.5) is 0 Å². The second kappa shape index (κ2) is 8.77. The van der Waals surface area contributed by atoms with Crippen LogP contribution in [-0.2, 0) is 11.3 Å². The SMILES string of the molecule is CCOC(=O)c1ccc2c(c1)sc(=NC(=O)c1cc3cccc(OCC)c3o1)n2CC. The van der Waals surface area contributed by atoms with Gasteiger partial charge in [-0.15, -0.1) is 0 Å². The maximum absolute atomic E-state index is 12.9. The monoisotopic (exact) mass is 438 g/mol. The highest BCUT2D eigenvalue weighted by Gasteiger charge is 2.16. The number of aryl methyl sites for hydroxylation is 1. The summed E-state index contributed by atoms with van der Waals surface area (Å²) in [6, 6.07) is 12.5. The lowest BCUT2D eigenvalue weighted by atomic mass is 10.2. The van der Waals surface area contributed by atoms with E-state index in [4.69, 9.17) is 13.9 Å². The number of amides is 1. The fourth-order valence-electron chi connectivity index (χ4n) is 3.36. The number of esters is 1. The summed E-state index contributed by atoms with van der Waals surface area (Å²) in [4.78, 5) is 29.8. The van der Waals surface area contributed by atoms with E-state index in [0.717, 1.165) is 15.6 Å². The van der Waals surface area contributed by atoms with Crippen molar-refractivity contribution in [2.24, 2.45) is 4.99 Å². The lowest BCUT2D eigenvalue weighted by molar-refractivity contribution is 0.0526. The van der Waals surface area contributed by atoms with E-state index in [2.05, 4.69) is 4.99 Å². The minimum Gasteiger partial charge on any atom is -0.490 e. The molecule has 0 aliphatic rings. The Morgan fingerprint density at radius 1 is 1.10 bits per heavy atom. The number of carbonyl (C=O) groups excluding carboxylic acids is 2. The summed E-state index contributed by atoms with van der Waals surface area (Å²) in [5.74, 6) is -0.105. The molecule has 0 fully saturated rings. The second-order valence-electron chi connectivity index (χ2n) is 6.67. The van der Waals surface area contributed by atoms with Gasteiger partial charge in [0.1, 0.15) is 0 Å². The topological polar surface area (TPSA) is 83.0 Å². The number of nitrogens with zero attached hydrogens (tertiary/aromatic N) is 2. The summed E-state index contributed by atoms with van der Waals surface area (Å²) < 4.78 is 19.2. The van der Waals surface area contributed by atoms with E-state index >= 15 is 0 Å². The van der Waals surface area contributed by atoms with Crippen molar-refractivity contribution in [3.05, 3.63) is 58.6 Å². The quantitative estimate of drug-likeness (QED) is 0.404. The number of aromatic nitrogens is 1. The van der Waals surface area contributed by atoms with Gasteiger partial charge in [0.15, 0.2) is 21.9 Å². The van der Waals surface area contributed by atoms with Gasteiger partial charge in [0, 0.05) is 11.9 Å². The third-order valence-corrected chi connectivity index (χ3v) is 5.77. The number of furan rings is 1. The average Bonchev–Trinajstić information content (AvgIpc) is 3.35. The minimum absolute atomic E-state index is 0.148. The molecule has 160 valence electrons. The highest BCUT2D eigenvalue weighted by molar-refractivity contribution is 7.16. The van der Waals surface area contributed by atoms with Crippen molar-refractivity contribution >= 4 is 44.4 Å². The molecule has 0 saturated carbocycles. The van der Waals surface area contributed by atoms with Crippen LogP contribution in [0.25, 0.3) is 21.2 Å². The van der Waals surface area contributed by atoms with Gasteiger partial charge in [-0.2, -0.15) is 4.99 Å². The van der Waals surface area contributed by atoms with Gasteiger partial charge in [-0.25, -0.2) is 4.79 Å². The van der Waals surface area contributed by atoms with Crippen molar-refractivity contribution in [2.45, 2.75) is 27.3 Å². The molecular formula is C23H22N2O5S. The largest absolute Gasteiger partial charge is 0.490 e. The van der Waals surface area contributed by atoms with Crippen LogP contribution in [0, 0.1) is 0 Å². The van der Waals surface area contributed by atoms with Gasteiger partial charge in [0.05, 0.1) is 29.0 Å². The fraction of sp³-hybridized carbons (Fsp3) is 0.261. The number of para-hydroxylation sites is 1. The van der Waals surface area contributed by atoms with Crippen LogP contribution >= 0.6 is 11.3 Å². The van der Waals surface area contributed by atoms with Crippen LogP contribution in [0.15, 0.2) is 51.9 Å². The molecule has 0 bridgehead atoms. The van der Waals surface area contributed by atoms with E-state index in [1.807, 2.05) is 36.6 Å². The summed E-state index contributed by atoms with van der Waals surface area (Å²) in [6.07, 6.45) is 0. The molecule has 2 aromatic carbocycles. The first-order valence-electron chi connectivity index (χ1n) is 10.1. The lowest BCUT2D eigenvalue weighted by Gasteiger charge is -2.03. The molecule has 0 saturated heterocycles.